The van der Waals surface area contributed by atoms with Crippen molar-refractivity contribution in [3.05, 3.63) is 0 Å². The van der Waals surface area contributed by atoms with Gasteiger partial charge >= 0.3 is 0 Å². The monoisotopic (exact) mass is 285 g/mol. The molecule has 0 aromatic heterocycles. The summed E-state index contributed by atoms with van der Waals surface area (Å²) in [4.78, 5) is 0. The fraction of sp³-hybridized carbons (Fsp3) is 1.00. The van der Waals surface area contributed by atoms with Crippen LogP contribution in [0.15, 0.2) is 0 Å². The lowest BCUT2D eigenvalue weighted by atomic mass is 9.96. The van der Waals surface area contributed by atoms with Gasteiger partial charge in [-0.1, -0.05) is 71.6 Å². The average Bonchev–Trinajstić information content (AvgIpc) is 2.46. The smallest absolute Gasteiger partial charge is 0.0587 e. The Morgan fingerprint density at radius 2 is 1.45 bits per heavy atom. The molecule has 1 atom stereocenters. The van der Waals surface area contributed by atoms with Crippen molar-refractivity contribution in [1.82, 2.24) is 5.32 Å². The summed E-state index contributed by atoms with van der Waals surface area (Å²) in [6.45, 7) is 7.59. The number of rotatable bonds is 16. The molecule has 0 heterocycles. The van der Waals surface area contributed by atoms with Gasteiger partial charge in [-0.05, 0) is 25.3 Å². The van der Waals surface area contributed by atoms with E-state index >= 15 is 0 Å². The molecule has 0 radical (unpaired) electrons. The first kappa shape index (κ1) is 19.9. The Hall–Kier alpha value is -0.0800. The highest BCUT2D eigenvalue weighted by Gasteiger charge is 2.06. The van der Waals surface area contributed by atoms with Gasteiger partial charge in [-0.25, -0.2) is 0 Å². The molecule has 0 aliphatic heterocycles. The summed E-state index contributed by atoms with van der Waals surface area (Å²) in [5, 5.41) is 3.52. The highest BCUT2D eigenvalue weighted by molar-refractivity contribution is 4.63. The molecule has 0 aromatic carbocycles. The van der Waals surface area contributed by atoms with Crippen LogP contribution in [-0.2, 0) is 4.74 Å². The van der Waals surface area contributed by atoms with Gasteiger partial charge in [-0.2, -0.15) is 0 Å². The molecule has 1 unspecified atom stereocenters. The predicted molar refractivity (Wildman–Crippen MR) is 90.4 cm³/mol. The van der Waals surface area contributed by atoms with Gasteiger partial charge in [0.15, 0.2) is 0 Å². The summed E-state index contributed by atoms with van der Waals surface area (Å²) in [6.07, 6.45) is 15.5. The van der Waals surface area contributed by atoms with Crippen molar-refractivity contribution in [1.29, 1.82) is 0 Å². The first-order valence-corrected chi connectivity index (χ1v) is 9.04. The van der Waals surface area contributed by atoms with E-state index in [1.54, 1.807) is 7.11 Å². The van der Waals surface area contributed by atoms with Crippen molar-refractivity contribution < 1.29 is 4.74 Å². The second-order valence-electron chi connectivity index (χ2n) is 6.12. The van der Waals surface area contributed by atoms with Crippen molar-refractivity contribution in [2.24, 2.45) is 5.92 Å². The Morgan fingerprint density at radius 3 is 2.05 bits per heavy atom. The topological polar surface area (TPSA) is 21.3 Å². The van der Waals surface area contributed by atoms with Gasteiger partial charge in [-0.15, -0.1) is 0 Å². The second-order valence-corrected chi connectivity index (χ2v) is 6.12. The minimum Gasteiger partial charge on any atom is -0.383 e. The molecule has 0 spiro atoms. The van der Waals surface area contributed by atoms with Crippen LogP contribution in [-0.4, -0.2) is 26.8 Å². The Balaban J connectivity index is 3.40. The van der Waals surface area contributed by atoms with Crippen LogP contribution in [0.5, 0.6) is 0 Å². The molecular weight excluding hydrogens is 246 g/mol. The van der Waals surface area contributed by atoms with Crippen molar-refractivity contribution in [2.45, 2.75) is 84.5 Å². The van der Waals surface area contributed by atoms with Crippen LogP contribution in [0.1, 0.15) is 84.5 Å². The fourth-order valence-corrected chi connectivity index (χ4v) is 2.80. The molecule has 0 aromatic rings. The summed E-state index contributed by atoms with van der Waals surface area (Å²) in [5.41, 5.74) is 0. The zero-order chi connectivity index (χ0) is 14.9. The van der Waals surface area contributed by atoms with E-state index in [1.165, 1.54) is 77.2 Å². The van der Waals surface area contributed by atoms with Crippen LogP contribution in [0, 0.1) is 5.92 Å². The third-order valence-electron chi connectivity index (χ3n) is 4.08. The molecule has 0 saturated heterocycles. The van der Waals surface area contributed by atoms with Crippen LogP contribution in [0.4, 0.5) is 0 Å². The number of unbranched alkanes of at least 4 members (excludes halogenated alkanes) is 7. The number of hydrogen-bond acceptors (Lipinski definition) is 2. The van der Waals surface area contributed by atoms with E-state index in [4.69, 9.17) is 4.74 Å². The lowest BCUT2D eigenvalue weighted by molar-refractivity contribution is 0.197. The molecule has 20 heavy (non-hydrogen) atoms. The van der Waals surface area contributed by atoms with E-state index in [1.807, 2.05) is 0 Å². The van der Waals surface area contributed by atoms with Gasteiger partial charge in [0.1, 0.15) is 0 Å². The number of hydrogen-bond donors (Lipinski definition) is 1. The minimum atomic E-state index is 0.830. The Labute approximate surface area is 128 Å². The second kappa shape index (κ2) is 17.0. The van der Waals surface area contributed by atoms with Gasteiger partial charge in [-0.3, -0.25) is 0 Å². The molecule has 0 aliphatic carbocycles. The molecule has 0 bridgehead atoms. The molecule has 0 fully saturated rings. The molecule has 1 N–H and O–H groups in total. The number of nitrogens with one attached hydrogen (secondary N) is 1. The van der Waals surface area contributed by atoms with Crippen molar-refractivity contribution in [3.63, 3.8) is 0 Å². The van der Waals surface area contributed by atoms with Crippen molar-refractivity contribution >= 4 is 0 Å². The SMILES string of the molecule is CCCCCCCCCCC(CCC)CNCCOC. The van der Waals surface area contributed by atoms with Gasteiger partial charge < -0.3 is 10.1 Å². The lowest BCUT2D eigenvalue weighted by Gasteiger charge is -2.16. The Bertz CT molecular complexity index is 173. The van der Waals surface area contributed by atoms with E-state index in [0.717, 1.165) is 19.1 Å². The van der Waals surface area contributed by atoms with Gasteiger partial charge in [0.25, 0.3) is 0 Å². The quantitative estimate of drug-likeness (QED) is 0.395. The largest absolute Gasteiger partial charge is 0.383 e. The molecule has 2 nitrogen and oxygen atoms in total. The average molecular weight is 286 g/mol. The fourth-order valence-electron chi connectivity index (χ4n) is 2.80. The maximum Gasteiger partial charge on any atom is 0.0587 e. The van der Waals surface area contributed by atoms with Gasteiger partial charge in [0.05, 0.1) is 6.61 Å². The predicted octanol–water partition coefficient (Wildman–Crippen LogP) is 5.17. The van der Waals surface area contributed by atoms with Crippen LogP contribution >= 0.6 is 0 Å². The summed E-state index contributed by atoms with van der Waals surface area (Å²) < 4.78 is 5.07. The summed E-state index contributed by atoms with van der Waals surface area (Å²) >= 11 is 0. The van der Waals surface area contributed by atoms with Crippen LogP contribution in [0.2, 0.25) is 0 Å². The first-order valence-electron chi connectivity index (χ1n) is 9.04. The van der Waals surface area contributed by atoms with E-state index in [9.17, 15) is 0 Å². The van der Waals surface area contributed by atoms with E-state index < -0.39 is 0 Å². The van der Waals surface area contributed by atoms with Crippen molar-refractivity contribution in [2.75, 3.05) is 26.8 Å². The molecular formula is C18H39NO. The van der Waals surface area contributed by atoms with Crippen LogP contribution < -0.4 is 5.32 Å². The van der Waals surface area contributed by atoms with E-state index in [-0.39, 0.29) is 0 Å². The minimum absolute atomic E-state index is 0.830. The normalized spacial score (nSPS) is 12.8. The maximum atomic E-state index is 5.07. The lowest BCUT2D eigenvalue weighted by Crippen LogP contribution is -2.26. The molecule has 0 saturated carbocycles. The van der Waals surface area contributed by atoms with Gasteiger partial charge in [0, 0.05) is 13.7 Å². The Kier molecular flexibility index (Phi) is 16.9. The highest BCUT2D eigenvalue weighted by atomic mass is 16.5. The van der Waals surface area contributed by atoms with E-state index in [2.05, 4.69) is 19.2 Å². The first-order chi connectivity index (χ1) is 9.85. The summed E-state index contributed by atoms with van der Waals surface area (Å²) in [5.74, 6) is 0.872. The third kappa shape index (κ3) is 14.3. The Morgan fingerprint density at radius 1 is 0.800 bits per heavy atom. The zero-order valence-corrected chi connectivity index (χ0v) is 14.4. The zero-order valence-electron chi connectivity index (χ0n) is 14.4. The molecule has 0 amide bonds. The molecule has 2 heteroatoms. The molecule has 0 aliphatic rings. The molecule has 122 valence electrons. The summed E-state index contributed by atoms with van der Waals surface area (Å²) in [7, 11) is 1.77. The van der Waals surface area contributed by atoms with E-state index in [0.29, 0.717) is 0 Å². The van der Waals surface area contributed by atoms with Crippen LogP contribution in [0.3, 0.4) is 0 Å². The molecule has 0 rings (SSSR count). The maximum absolute atomic E-state index is 5.07. The number of methoxy groups -OCH3 is 1. The third-order valence-corrected chi connectivity index (χ3v) is 4.08. The van der Waals surface area contributed by atoms with Gasteiger partial charge in [0.2, 0.25) is 0 Å². The van der Waals surface area contributed by atoms with Crippen LogP contribution in [0.25, 0.3) is 0 Å². The standard InChI is InChI=1S/C18H39NO/c1-4-6-7-8-9-10-11-12-14-18(13-5-2)17-19-15-16-20-3/h18-19H,4-17H2,1-3H3. The van der Waals surface area contributed by atoms with Crippen molar-refractivity contribution in [3.8, 4) is 0 Å². The summed E-state index contributed by atoms with van der Waals surface area (Å²) in [6, 6.07) is 0. The highest BCUT2D eigenvalue weighted by Crippen LogP contribution is 2.16. The number of ether oxygens (including phenoxy) is 1.